The topological polar surface area (TPSA) is 137 Å². The summed E-state index contributed by atoms with van der Waals surface area (Å²) < 4.78 is 5.20. The molecule has 1 heterocycles. The molecular formula is C11H15N5O4. The molecule has 1 aromatic rings. The van der Waals surface area contributed by atoms with Crippen molar-refractivity contribution in [2.24, 2.45) is 11.6 Å². The number of nitrogens with two attached hydrogens (primary N) is 2. The number of rotatable bonds is 4. The molecule has 20 heavy (non-hydrogen) atoms. The minimum absolute atomic E-state index is 0.104. The number of hydrogen-bond acceptors (Lipinski definition) is 7. The second kappa shape index (κ2) is 5.72. The van der Waals surface area contributed by atoms with Gasteiger partial charge in [-0.2, -0.15) is 0 Å². The molecule has 9 heteroatoms. The van der Waals surface area contributed by atoms with Crippen LogP contribution >= 0.6 is 0 Å². The second-order valence-corrected chi connectivity index (χ2v) is 4.26. The number of anilines is 2. The molecule has 0 aliphatic carbocycles. The summed E-state index contributed by atoms with van der Waals surface area (Å²) in [4.78, 5) is 23.8. The Balaban J connectivity index is 2.50. The lowest BCUT2D eigenvalue weighted by atomic mass is 10.1. The monoisotopic (exact) mass is 281 g/mol. The van der Waals surface area contributed by atoms with E-state index in [1.54, 1.807) is 17.0 Å². The molecule has 0 bridgehead atoms. The summed E-state index contributed by atoms with van der Waals surface area (Å²) in [5.74, 6) is 4.70. The Labute approximate surface area is 114 Å². The standard InChI is InChI=1S/C11H15N5O4/c12-11(17)9-6-20-5-4-15(9)8-3-1-2-7(14-13)10(8)16(18)19/h1-3,9,14H,4-6,13H2,(H2,12,17). The van der Waals surface area contributed by atoms with Gasteiger partial charge in [0.05, 0.1) is 18.1 Å². The first-order chi connectivity index (χ1) is 9.56. The number of para-hydroxylation sites is 1. The van der Waals surface area contributed by atoms with Crippen LogP contribution in [0.3, 0.4) is 0 Å². The van der Waals surface area contributed by atoms with Gasteiger partial charge in [-0.15, -0.1) is 0 Å². The zero-order chi connectivity index (χ0) is 14.7. The van der Waals surface area contributed by atoms with Crippen molar-refractivity contribution in [2.75, 3.05) is 30.1 Å². The fourth-order valence-electron chi connectivity index (χ4n) is 2.20. The summed E-state index contributed by atoms with van der Waals surface area (Å²) >= 11 is 0. The molecule has 0 aromatic heterocycles. The number of hydrogen-bond donors (Lipinski definition) is 3. The predicted molar refractivity (Wildman–Crippen MR) is 72.1 cm³/mol. The highest BCUT2D eigenvalue weighted by Crippen LogP contribution is 2.36. The Morgan fingerprint density at radius 2 is 2.30 bits per heavy atom. The average Bonchev–Trinajstić information content (AvgIpc) is 2.46. The predicted octanol–water partition coefficient (Wildman–Crippen LogP) is -0.429. The van der Waals surface area contributed by atoms with Gasteiger partial charge in [0.15, 0.2) is 0 Å². The number of carbonyl (C=O) groups excluding carboxylic acids is 1. The molecule has 0 spiro atoms. The van der Waals surface area contributed by atoms with E-state index in [0.29, 0.717) is 13.2 Å². The van der Waals surface area contributed by atoms with E-state index in [4.69, 9.17) is 16.3 Å². The fraction of sp³-hybridized carbons (Fsp3) is 0.364. The molecule has 1 amide bonds. The van der Waals surface area contributed by atoms with Crippen LogP contribution in [0.1, 0.15) is 0 Å². The molecule has 1 atom stereocenters. The molecule has 1 saturated heterocycles. The Hall–Kier alpha value is -2.39. The van der Waals surface area contributed by atoms with Gasteiger partial charge in [-0.3, -0.25) is 20.8 Å². The van der Waals surface area contributed by atoms with Crippen LogP contribution in [0.5, 0.6) is 0 Å². The number of nitro benzene ring substituents is 1. The Kier molecular flexibility index (Phi) is 4.01. The zero-order valence-electron chi connectivity index (χ0n) is 10.6. The molecule has 1 unspecified atom stereocenters. The van der Waals surface area contributed by atoms with Gasteiger partial charge in [0, 0.05) is 6.54 Å². The zero-order valence-corrected chi connectivity index (χ0v) is 10.6. The number of morpholine rings is 1. The van der Waals surface area contributed by atoms with E-state index in [1.165, 1.54) is 6.07 Å². The maximum Gasteiger partial charge on any atom is 0.316 e. The normalized spacial score (nSPS) is 18.6. The number of nitro groups is 1. The largest absolute Gasteiger partial charge is 0.377 e. The first-order valence-corrected chi connectivity index (χ1v) is 5.94. The molecule has 1 fully saturated rings. The van der Waals surface area contributed by atoms with Gasteiger partial charge < -0.3 is 20.8 Å². The molecule has 1 aliphatic heterocycles. The van der Waals surface area contributed by atoms with Crippen LogP contribution in [0.25, 0.3) is 0 Å². The fourth-order valence-corrected chi connectivity index (χ4v) is 2.20. The average molecular weight is 281 g/mol. The van der Waals surface area contributed by atoms with Crippen molar-refractivity contribution in [1.29, 1.82) is 0 Å². The Bertz CT molecular complexity index is 536. The number of amides is 1. The molecular weight excluding hydrogens is 266 g/mol. The van der Waals surface area contributed by atoms with Crippen LogP contribution < -0.4 is 21.9 Å². The highest BCUT2D eigenvalue weighted by Gasteiger charge is 2.33. The highest BCUT2D eigenvalue weighted by molar-refractivity contribution is 5.87. The highest BCUT2D eigenvalue weighted by atomic mass is 16.6. The van der Waals surface area contributed by atoms with E-state index in [-0.39, 0.29) is 23.7 Å². The van der Waals surface area contributed by atoms with E-state index >= 15 is 0 Å². The van der Waals surface area contributed by atoms with Crippen LogP contribution in [0, 0.1) is 10.1 Å². The summed E-state index contributed by atoms with van der Waals surface area (Å²) in [7, 11) is 0. The first-order valence-electron chi connectivity index (χ1n) is 5.94. The molecule has 2 rings (SSSR count). The van der Waals surface area contributed by atoms with Crippen LogP contribution in [-0.4, -0.2) is 36.6 Å². The molecule has 9 nitrogen and oxygen atoms in total. The maximum absolute atomic E-state index is 11.5. The molecule has 5 N–H and O–H groups in total. The number of ether oxygens (including phenoxy) is 1. The van der Waals surface area contributed by atoms with Gasteiger partial charge in [0.25, 0.3) is 0 Å². The number of nitrogen functional groups attached to an aromatic ring is 1. The number of nitrogens with zero attached hydrogens (tertiary/aromatic N) is 2. The van der Waals surface area contributed by atoms with E-state index in [2.05, 4.69) is 5.43 Å². The van der Waals surface area contributed by atoms with Gasteiger partial charge in [-0.25, -0.2) is 0 Å². The third kappa shape index (κ3) is 2.49. The summed E-state index contributed by atoms with van der Waals surface area (Å²) in [6.07, 6.45) is 0. The van der Waals surface area contributed by atoms with Crippen LogP contribution in [0.15, 0.2) is 18.2 Å². The minimum Gasteiger partial charge on any atom is -0.377 e. The third-order valence-electron chi connectivity index (χ3n) is 3.12. The Morgan fingerprint density at radius 1 is 1.55 bits per heavy atom. The van der Waals surface area contributed by atoms with Gasteiger partial charge in [-0.1, -0.05) is 6.07 Å². The van der Waals surface area contributed by atoms with Crippen molar-refractivity contribution < 1.29 is 14.5 Å². The van der Waals surface area contributed by atoms with Crippen LogP contribution in [0.2, 0.25) is 0 Å². The van der Waals surface area contributed by atoms with E-state index in [0.717, 1.165) is 0 Å². The van der Waals surface area contributed by atoms with Crippen LogP contribution in [0.4, 0.5) is 17.1 Å². The maximum atomic E-state index is 11.5. The summed E-state index contributed by atoms with van der Waals surface area (Å²) in [5.41, 5.74) is 7.87. The summed E-state index contributed by atoms with van der Waals surface area (Å²) in [6, 6.07) is 3.92. The van der Waals surface area contributed by atoms with Crippen LogP contribution in [-0.2, 0) is 9.53 Å². The van der Waals surface area contributed by atoms with E-state index < -0.39 is 16.9 Å². The number of carbonyl (C=O) groups is 1. The van der Waals surface area contributed by atoms with Gasteiger partial charge in [0.2, 0.25) is 5.91 Å². The minimum atomic E-state index is -0.740. The van der Waals surface area contributed by atoms with Crippen molar-refractivity contribution in [1.82, 2.24) is 0 Å². The number of hydrazine groups is 1. The molecule has 1 aromatic carbocycles. The molecule has 1 aliphatic rings. The quantitative estimate of drug-likeness (QED) is 0.387. The lowest BCUT2D eigenvalue weighted by molar-refractivity contribution is -0.383. The number of primary amides is 1. The summed E-state index contributed by atoms with van der Waals surface area (Å²) in [6.45, 7) is 0.802. The first kappa shape index (κ1) is 14.0. The lowest BCUT2D eigenvalue weighted by Gasteiger charge is -2.35. The van der Waals surface area contributed by atoms with Crippen molar-refractivity contribution in [2.45, 2.75) is 6.04 Å². The van der Waals surface area contributed by atoms with Gasteiger partial charge in [0.1, 0.15) is 17.4 Å². The summed E-state index contributed by atoms with van der Waals surface area (Å²) in [5, 5.41) is 11.3. The van der Waals surface area contributed by atoms with Crippen molar-refractivity contribution in [3.8, 4) is 0 Å². The van der Waals surface area contributed by atoms with Gasteiger partial charge in [-0.05, 0) is 12.1 Å². The molecule has 108 valence electrons. The van der Waals surface area contributed by atoms with Gasteiger partial charge >= 0.3 is 5.69 Å². The lowest BCUT2D eigenvalue weighted by Crippen LogP contribution is -2.52. The van der Waals surface area contributed by atoms with E-state index in [1.807, 2.05) is 0 Å². The number of nitrogens with one attached hydrogen (secondary N) is 1. The van der Waals surface area contributed by atoms with Crippen molar-refractivity contribution in [3.63, 3.8) is 0 Å². The third-order valence-corrected chi connectivity index (χ3v) is 3.12. The SMILES string of the molecule is NNc1cccc(N2CCOCC2C(N)=O)c1[N+](=O)[O-]. The smallest absolute Gasteiger partial charge is 0.316 e. The van der Waals surface area contributed by atoms with E-state index in [9.17, 15) is 14.9 Å². The molecule has 0 saturated carbocycles. The van der Waals surface area contributed by atoms with Crippen molar-refractivity contribution >= 4 is 23.0 Å². The molecule has 0 radical (unpaired) electrons. The Morgan fingerprint density at radius 3 is 2.90 bits per heavy atom. The van der Waals surface area contributed by atoms with Crippen molar-refractivity contribution in [3.05, 3.63) is 28.3 Å². The second-order valence-electron chi connectivity index (χ2n) is 4.26. The number of benzene rings is 1.